The molecule has 0 amide bonds. The molecule has 0 aliphatic heterocycles. The molecule has 0 radical (unpaired) electrons. The van der Waals surface area contributed by atoms with Gasteiger partial charge in [0, 0.05) is 18.5 Å². The first-order valence-corrected chi connectivity index (χ1v) is 7.24. The predicted molar refractivity (Wildman–Crippen MR) is 75.7 cm³/mol. The Kier molecular flexibility index (Phi) is 4.41. The molecule has 20 heavy (non-hydrogen) atoms. The molecule has 2 aromatic rings. The van der Waals surface area contributed by atoms with Crippen molar-refractivity contribution in [2.45, 2.75) is 4.90 Å². The second kappa shape index (κ2) is 6.25. The van der Waals surface area contributed by atoms with Gasteiger partial charge in [0.1, 0.15) is 16.3 Å². The van der Waals surface area contributed by atoms with E-state index in [1.54, 1.807) is 24.4 Å². The first kappa shape index (κ1) is 14.1. The van der Waals surface area contributed by atoms with Crippen molar-refractivity contribution in [3.63, 3.8) is 0 Å². The third-order valence-corrected chi connectivity index (χ3v) is 3.57. The molecule has 0 unspecified atom stereocenters. The number of ether oxygens (including phenoxy) is 1. The Morgan fingerprint density at radius 3 is 2.75 bits per heavy atom. The van der Waals surface area contributed by atoms with Gasteiger partial charge < -0.3 is 9.94 Å². The van der Waals surface area contributed by atoms with Gasteiger partial charge in [0.05, 0.1) is 35.5 Å². The van der Waals surface area contributed by atoms with Crippen molar-refractivity contribution in [1.82, 2.24) is 9.97 Å². The number of nitrogens with zero attached hydrogens (tertiary/aromatic N) is 3. The van der Waals surface area contributed by atoms with Crippen molar-refractivity contribution in [3.05, 3.63) is 36.2 Å². The molecule has 0 saturated carbocycles. The predicted octanol–water partition coefficient (Wildman–Crippen LogP) is 1.70. The maximum absolute atomic E-state index is 11.8. The van der Waals surface area contributed by atoms with Gasteiger partial charge in [-0.1, -0.05) is 11.2 Å². The zero-order chi connectivity index (χ0) is 14.5. The van der Waals surface area contributed by atoms with Gasteiger partial charge in [-0.3, -0.25) is 9.19 Å². The third kappa shape index (κ3) is 2.83. The van der Waals surface area contributed by atoms with Crippen LogP contribution in [0.2, 0.25) is 0 Å². The molecule has 0 aromatic carbocycles. The van der Waals surface area contributed by atoms with E-state index < -0.39 is 10.8 Å². The molecule has 0 aliphatic rings. The second-order valence-electron chi connectivity index (χ2n) is 3.84. The fourth-order valence-corrected chi connectivity index (χ4v) is 2.58. The van der Waals surface area contributed by atoms with Crippen LogP contribution in [0.5, 0.6) is 5.75 Å². The van der Waals surface area contributed by atoms with E-state index >= 15 is 0 Å². The summed E-state index contributed by atoms with van der Waals surface area (Å²) >= 11 is 0. The van der Waals surface area contributed by atoms with Gasteiger partial charge in [0.2, 0.25) is 0 Å². The van der Waals surface area contributed by atoms with Crippen molar-refractivity contribution in [2.24, 2.45) is 5.16 Å². The normalized spacial score (nSPS) is 12.5. The molecule has 0 saturated heterocycles. The number of hydrogen-bond donors (Lipinski definition) is 1. The largest absolute Gasteiger partial charge is 0.495 e. The zero-order valence-corrected chi connectivity index (χ0v) is 11.8. The molecular formula is C13H13N3O3S. The third-order valence-electron chi connectivity index (χ3n) is 2.58. The van der Waals surface area contributed by atoms with Gasteiger partial charge in [-0.05, 0) is 12.1 Å². The Hall–Kier alpha value is -2.28. The molecule has 1 N–H and O–H groups in total. The smallest absolute Gasteiger partial charge is 0.139 e. The summed E-state index contributed by atoms with van der Waals surface area (Å²) < 4.78 is 17.1. The minimum Gasteiger partial charge on any atom is -0.495 e. The number of methoxy groups -OCH3 is 1. The van der Waals surface area contributed by atoms with Crippen molar-refractivity contribution < 1.29 is 14.2 Å². The molecule has 0 spiro atoms. The van der Waals surface area contributed by atoms with Crippen LogP contribution in [0.1, 0.15) is 5.69 Å². The first-order valence-electron chi connectivity index (χ1n) is 5.68. The Morgan fingerprint density at radius 1 is 1.40 bits per heavy atom. The Labute approximate surface area is 118 Å². The molecule has 2 aromatic heterocycles. The molecule has 7 heteroatoms. The number of hydrogen-bond acceptors (Lipinski definition) is 6. The standard InChI is InChI=1S/C13H13N3O3S/c1-19-12-7-10(9-5-3-4-6-14-9)16-11(8-15-17)13(12)20(2)18/h3-8,17H,1-2H3/t20-/m1/s1. The molecule has 1 atom stereocenters. The molecular weight excluding hydrogens is 278 g/mol. The van der Waals surface area contributed by atoms with E-state index in [0.29, 0.717) is 22.0 Å². The van der Waals surface area contributed by atoms with Gasteiger partial charge in [0.25, 0.3) is 0 Å². The van der Waals surface area contributed by atoms with E-state index in [4.69, 9.17) is 9.94 Å². The maximum atomic E-state index is 11.8. The molecule has 104 valence electrons. The fourth-order valence-electron chi connectivity index (χ4n) is 1.76. The summed E-state index contributed by atoms with van der Waals surface area (Å²) in [7, 11) is 0.152. The molecule has 0 fully saturated rings. The molecule has 2 rings (SSSR count). The quantitative estimate of drug-likeness (QED) is 0.526. The molecule has 6 nitrogen and oxygen atoms in total. The van der Waals surface area contributed by atoms with E-state index in [0.717, 1.165) is 6.21 Å². The van der Waals surface area contributed by atoms with Crippen LogP contribution in [-0.2, 0) is 10.8 Å². The van der Waals surface area contributed by atoms with Crippen LogP contribution in [0.4, 0.5) is 0 Å². The SMILES string of the molecule is COc1cc(-c2ccccn2)nc(C=NO)c1[S@@](C)=O. The highest BCUT2D eigenvalue weighted by Gasteiger charge is 2.16. The van der Waals surface area contributed by atoms with Crippen LogP contribution >= 0.6 is 0 Å². The molecule has 2 heterocycles. The van der Waals surface area contributed by atoms with E-state index in [1.807, 2.05) is 6.07 Å². The number of pyridine rings is 2. The summed E-state index contributed by atoms with van der Waals surface area (Å²) in [5.74, 6) is 0.413. The van der Waals surface area contributed by atoms with Crippen molar-refractivity contribution >= 4 is 17.0 Å². The summed E-state index contributed by atoms with van der Waals surface area (Å²) in [6.45, 7) is 0. The number of oxime groups is 1. The van der Waals surface area contributed by atoms with Gasteiger partial charge >= 0.3 is 0 Å². The Bertz CT molecular complexity index is 659. The summed E-state index contributed by atoms with van der Waals surface area (Å²) in [6, 6.07) is 7.09. The van der Waals surface area contributed by atoms with E-state index in [2.05, 4.69) is 15.1 Å². The summed E-state index contributed by atoms with van der Waals surface area (Å²) in [4.78, 5) is 8.90. The van der Waals surface area contributed by atoms with Gasteiger partial charge in [-0.15, -0.1) is 0 Å². The summed E-state index contributed by atoms with van der Waals surface area (Å²) in [5, 5.41) is 11.7. The van der Waals surface area contributed by atoms with E-state index in [9.17, 15) is 4.21 Å². The lowest BCUT2D eigenvalue weighted by Gasteiger charge is -2.11. The Morgan fingerprint density at radius 2 is 2.20 bits per heavy atom. The monoisotopic (exact) mass is 291 g/mol. The lowest BCUT2D eigenvalue weighted by molar-refractivity contribution is 0.321. The minimum absolute atomic E-state index is 0.285. The van der Waals surface area contributed by atoms with Crippen LogP contribution in [0.15, 0.2) is 40.5 Å². The lowest BCUT2D eigenvalue weighted by atomic mass is 10.2. The second-order valence-corrected chi connectivity index (χ2v) is 5.15. The fraction of sp³-hybridized carbons (Fsp3) is 0.154. The van der Waals surface area contributed by atoms with Crippen molar-refractivity contribution in [1.29, 1.82) is 0 Å². The van der Waals surface area contributed by atoms with Crippen LogP contribution in [0.3, 0.4) is 0 Å². The Balaban J connectivity index is 2.68. The van der Waals surface area contributed by atoms with Gasteiger partial charge in [-0.25, -0.2) is 4.98 Å². The van der Waals surface area contributed by atoms with Crippen LogP contribution in [0, 0.1) is 0 Å². The number of aromatic nitrogens is 2. The molecule has 0 aliphatic carbocycles. The minimum atomic E-state index is -1.33. The molecule has 0 bridgehead atoms. The van der Waals surface area contributed by atoms with Gasteiger partial charge in [0.15, 0.2) is 0 Å². The highest BCUT2D eigenvalue weighted by molar-refractivity contribution is 7.84. The van der Waals surface area contributed by atoms with Crippen LogP contribution in [-0.4, -0.2) is 39.0 Å². The summed E-state index contributed by atoms with van der Waals surface area (Å²) in [6.07, 6.45) is 4.29. The van der Waals surface area contributed by atoms with Crippen LogP contribution < -0.4 is 4.74 Å². The topological polar surface area (TPSA) is 84.7 Å². The summed E-state index contributed by atoms with van der Waals surface area (Å²) in [5.41, 5.74) is 1.48. The lowest BCUT2D eigenvalue weighted by Crippen LogP contribution is -2.04. The number of rotatable bonds is 4. The maximum Gasteiger partial charge on any atom is 0.139 e. The average Bonchev–Trinajstić information content (AvgIpc) is 2.47. The van der Waals surface area contributed by atoms with Gasteiger partial charge in [-0.2, -0.15) is 0 Å². The van der Waals surface area contributed by atoms with Crippen LogP contribution in [0.25, 0.3) is 11.4 Å². The van der Waals surface area contributed by atoms with Crippen molar-refractivity contribution in [3.8, 4) is 17.1 Å². The van der Waals surface area contributed by atoms with Crippen molar-refractivity contribution in [2.75, 3.05) is 13.4 Å². The highest BCUT2D eigenvalue weighted by Crippen LogP contribution is 2.28. The van der Waals surface area contributed by atoms with E-state index in [1.165, 1.54) is 13.4 Å². The highest BCUT2D eigenvalue weighted by atomic mass is 32.2. The average molecular weight is 291 g/mol. The zero-order valence-electron chi connectivity index (χ0n) is 11.0. The first-order chi connectivity index (χ1) is 9.67. The van der Waals surface area contributed by atoms with E-state index in [-0.39, 0.29) is 5.69 Å².